The van der Waals surface area contributed by atoms with Crippen LogP contribution in [0.2, 0.25) is 0 Å². The zero-order valence-corrected chi connectivity index (χ0v) is 16.4. The first-order valence-corrected chi connectivity index (χ1v) is 10.3. The van der Waals surface area contributed by atoms with Gasteiger partial charge in [0.25, 0.3) is 0 Å². The maximum atomic E-state index is 12.9. The van der Waals surface area contributed by atoms with Crippen LogP contribution in [0.3, 0.4) is 0 Å². The normalized spacial score (nSPS) is 27.0. The van der Waals surface area contributed by atoms with Crippen LogP contribution in [0.25, 0.3) is 0 Å². The number of urea groups is 1. The van der Waals surface area contributed by atoms with E-state index in [0.717, 1.165) is 56.8 Å². The molecule has 3 fully saturated rings. The molecule has 2 atom stereocenters. The lowest BCUT2D eigenvalue weighted by Gasteiger charge is -2.37. The van der Waals surface area contributed by atoms with Gasteiger partial charge in [-0.3, -0.25) is 19.4 Å². The number of piperazine rings is 1. The van der Waals surface area contributed by atoms with Gasteiger partial charge in [-0.15, -0.1) is 0 Å². The summed E-state index contributed by atoms with van der Waals surface area (Å²) in [5.74, 6) is -1.07. The van der Waals surface area contributed by atoms with E-state index in [9.17, 15) is 14.4 Å². The zero-order valence-electron chi connectivity index (χ0n) is 16.4. The number of nitrogens with zero attached hydrogens (tertiary/aromatic N) is 4. The average molecular weight is 384 g/mol. The highest BCUT2D eigenvalue weighted by Crippen LogP contribution is 2.31. The number of anilines is 1. The van der Waals surface area contributed by atoms with E-state index in [2.05, 4.69) is 28.9 Å². The number of carbonyl (C=O) groups is 3. The Bertz CT molecular complexity index is 745. The SMILES string of the molecule is C[C@@H]1CCCC[C@@H]1N1C(=O)C(=O)N(CN2CCN(c3ccccc3)CC2)C1=O. The summed E-state index contributed by atoms with van der Waals surface area (Å²) in [5, 5.41) is 0. The monoisotopic (exact) mass is 384 g/mol. The van der Waals surface area contributed by atoms with Crippen LogP contribution < -0.4 is 4.90 Å². The molecule has 4 amide bonds. The van der Waals surface area contributed by atoms with E-state index in [1.807, 2.05) is 18.2 Å². The Morgan fingerprint density at radius 2 is 1.57 bits per heavy atom. The van der Waals surface area contributed by atoms with Crippen LogP contribution in [0, 0.1) is 5.92 Å². The van der Waals surface area contributed by atoms with E-state index in [1.54, 1.807) is 0 Å². The molecule has 150 valence electrons. The molecule has 7 nitrogen and oxygen atoms in total. The lowest BCUT2D eigenvalue weighted by molar-refractivity contribution is -0.145. The van der Waals surface area contributed by atoms with Gasteiger partial charge in [0, 0.05) is 37.9 Å². The van der Waals surface area contributed by atoms with Crippen LogP contribution in [0.1, 0.15) is 32.6 Å². The number of hydrogen-bond donors (Lipinski definition) is 0. The molecule has 1 aromatic carbocycles. The number of benzene rings is 1. The van der Waals surface area contributed by atoms with Crippen LogP contribution >= 0.6 is 0 Å². The summed E-state index contributed by atoms with van der Waals surface area (Å²) in [6.45, 7) is 5.43. The first-order valence-electron chi connectivity index (χ1n) is 10.3. The Labute approximate surface area is 165 Å². The Morgan fingerprint density at radius 1 is 0.893 bits per heavy atom. The number of carbonyl (C=O) groups excluding carboxylic acids is 3. The molecule has 2 aliphatic heterocycles. The third-order valence-electron chi connectivity index (χ3n) is 6.32. The van der Waals surface area contributed by atoms with Gasteiger partial charge >= 0.3 is 17.8 Å². The van der Waals surface area contributed by atoms with Gasteiger partial charge in [-0.25, -0.2) is 9.69 Å². The molecule has 7 heteroatoms. The highest BCUT2D eigenvalue weighted by molar-refractivity contribution is 6.44. The first-order chi connectivity index (χ1) is 13.6. The summed E-state index contributed by atoms with van der Waals surface area (Å²) in [7, 11) is 0. The van der Waals surface area contributed by atoms with E-state index in [0.29, 0.717) is 0 Å². The van der Waals surface area contributed by atoms with E-state index in [4.69, 9.17) is 0 Å². The maximum absolute atomic E-state index is 12.9. The minimum Gasteiger partial charge on any atom is -0.369 e. The van der Waals surface area contributed by atoms with Crippen molar-refractivity contribution in [2.24, 2.45) is 5.92 Å². The molecule has 0 unspecified atom stereocenters. The highest BCUT2D eigenvalue weighted by atomic mass is 16.2. The third kappa shape index (κ3) is 3.51. The quantitative estimate of drug-likeness (QED) is 0.588. The molecule has 3 aliphatic rings. The molecule has 1 saturated carbocycles. The van der Waals surface area contributed by atoms with Crippen LogP contribution in [0.15, 0.2) is 30.3 Å². The summed E-state index contributed by atoms with van der Waals surface area (Å²) in [6.07, 6.45) is 3.92. The van der Waals surface area contributed by atoms with Crippen molar-refractivity contribution in [2.75, 3.05) is 37.7 Å². The molecule has 0 spiro atoms. The number of hydrogen-bond acceptors (Lipinski definition) is 5. The minimum absolute atomic E-state index is 0.141. The van der Waals surface area contributed by atoms with Crippen molar-refractivity contribution in [3.8, 4) is 0 Å². The van der Waals surface area contributed by atoms with Gasteiger partial charge in [0.05, 0.1) is 6.67 Å². The average Bonchev–Trinajstić information content (AvgIpc) is 2.93. The first kappa shape index (κ1) is 18.9. The standard InChI is InChI=1S/C21H28N4O3/c1-16-7-5-6-10-18(16)25-20(27)19(26)24(21(25)28)15-22-11-13-23(14-12-22)17-8-3-2-4-9-17/h2-4,8-9,16,18H,5-7,10-15H2,1H3/t16-,18+/m1/s1. The second-order valence-corrected chi connectivity index (χ2v) is 8.10. The highest BCUT2D eigenvalue weighted by Gasteiger charge is 2.49. The second-order valence-electron chi connectivity index (χ2n) is 8.10. The summed E-state index contributed by atoms with van der Waals surface area (Å²) in [6, 6.07) is 9.65. The molecule has 0 N–H and O–H groups in total. The minimum atomic E-state index is -0.673. The molecule has 0 aromatic heterocycles. The number of amides is 4. The topological polar surface area (TPSA) is 64.2 Å². The Balaban J connectivity index is 1.38. The van der Waals surface area contributed by atoms with Crippen LogP contribution in [-0.4, -0.2) is 71.4 Å². The van der Waals surface area contributed by atoms with Crippen molar-refractivity contribution in [1.29, 1.82) is 0 Å². The van der Waals surface area contributed by atoms with E-state index >= 15 is 0 Å². The molecular formula is C21H28N4O3. The van der Waals surface area contributed by atoms with Gasteiger partial charge in [-0.05, 0) is 30.9 Å². The van der Waals surface area contributed by atoms with Crippen LogP contribution in [-0.2, 0) is 9.59 Å². The number of rotatable bonds is 4. The summed E-state index contributed by atoms with van der Waals surface area (Å²) in [5.41, 5.74) is 1.18. The molecule has 1 aliphatic carbocycles. The molecule has 0 bridgehead atoms. The smallest absolute Gasteiger partial charge is 0.335 e. The van der Waals surface area contributed by atoms with Crippen molar-refractivity contribution in [1.82, 2.24) is 14.7 Å². The fourth-order valence-electron chi connectivity index (χ4n) is 4.61. The van der Waals surface area contributed by atoms with Crippen LogP contribution in [0.5, 0.6) is 0 Å². The predicted molar refractivity (Wildman–Crippen MR) is 106 cm³/mol. The molecule has 1 aromatic rings. The van der Waals surface area contributed by atoms with Gasteiger partial charge < -0.3 is 4.90 Å². The lowest BCUT2D eigenvalue weighted by atomic mass is 9.85. The molecule has 4 rings (SSSR count). The van der Waals surface area contributed by atoms with Gasteiger partial charge in [0.2, 0.25) is 0 Å². The number of para-hydroxylation sites is 1. The molecule has 0 radical (unpaired) electrons. The van der Waals surface area contributed by atoms with Gasteiger partial charge in [0.1, 0.15) is 0 Å². The fourth-order valence-corrected chi connectivity index (χ4v) is 4.61. The molecule has 2 saturated heterocycles. The Morgan fingerprint density at radius 3 is 2.25 bits per heavy atom. The lowest BCUT2D eigenvalue weighted by Crippen LogP contribution is -2.52. The van der Waals surface area contributed by atoms with Gasteiger partial charge in [-0.1, -0.05) is 38.0 Å². The fraction of sp³-hybridized carbons (Fsp3) is 0.571. The molecule has 2 heterocycles. The van der Waals surface area contributed by atoms with Gasteiger partial charge in [0.15, 0.2) is 0 Å². The van der Waals surface area contributed by atoms with Crippen molar-refractivity contribution in [3.05, 3.63) is 30.3 Å². The van der Waals surface area contributed by atoms with E-state index in [-0.39, 0.29) is 18.6 Å². The summed E-state index contributed by atoms with van der Waals surface area (Å²) < 4.78 is 0. The van der Waals surface area contributed by atoms with E-state index in [1.165, 1.54) is 10.6 Å². The van der Waals surface area contributed by atoms with Crippen molar-refractivity contribution in [2.45, 2.75) is 38.6 Å². The largest absolute Gasteiger partial charge is 0.369 e. The van der Waals surface area contributed by atoms with Crippen molar-refractivity contribution >= 4 is 23.5 Å². The van der Waals surface area contributed by atoms with Gasteiger partial charge in [-0.2, -0.15) is 0 Å². The summed E-state index contributed by atoms with van der Waals surface area (Å²) in [4.78, 5) is 44.7. The van der Waals surface area contributed by atoms with Crippen molar-refractivity contribution < 1.29 is 14.4 Å². The zero-order chi connectivity index (χ0) is 19.7. The Kier molecular flexibility index (Phi) is 5.35. The maximum Gasteiger partial charge on any atom is 0.335 e. The predicted octanol–water partition coefficient (Wildman–Crippen LogP) is 2.14. The molecule has 28 heavy (non-hydrogen) atoms. The van der Waals surface area contributed by atoms with Crippen molar-refractivity contribution in [3.63, 3.8) is 0 Å². The molecular weight excluding hydrogens is 356 g/mol. The Hall–Kier alpha value is -2.41. The summed E-state index contributed by atoms with van der Waals surface area (Å²) >= 11 is 0. The van der Waals surface area contributed by atoms with E-state index < -0.39 is 17.8 Å². The third-order valence-corrected chi connectivity index (χ3v) is 6.32. The van der Waals surface area contributed by atoms with Crippen LogP contribution in [0.4, 0.5) is 10.5 Å². The number of imide groups is 2. The second kappa shape index (κ2) is 7.91.